The van der Waals surface area contributed by atoms with Gasteiger partial charge in [0.15, 0.2) is 0 Å². The molecule has 1 atom stereocenters. The Morgan fingerprint density at radius 3 is 2.35 bits per heavy atom. The van der Waals surface area contributed by atoms with E-state index in [9.17, 15) is 9.59 Å². The number of carbonyl (C=O) groups is 2. The van der Waals surface area contributed by atoms with Crippen molar-refractivity contribution < 1.29 is 14.7 Å². The summed E-state index contributed by atoms with van der Waals surface area (Å²) in [5.41, 5.74) is 0. The summed E-state index contributed by atoms with van der Waals surface area (Å²) in [7, 11) is 0. The molecule has 0 bridgehead atoms. The Balaban J connectivity index is 2.35. The number of carbonyl (C=O) groups excluding carboxylic acids is 1. The highest BCUT2D eigenvalue weighted by atomic mass is 16.4. The molecule has 1 aliphatic carbocycles. The highest BCUT2D eigenvalue weighted by Gasteiger charge is 2.29. The van der Waals surface area contributed by atoms with Crippen molar-refractivity contribution in [2.24, 2.45) is 11.8 Å². The molecule has 1 aliphatic rings. The summed E-state index contributed by atoms with van der Waals surface area (Å²) in [6.07, 6.45) is 5.14. The van der Waals surface area contributed by atoms with E-state index in [0.717, 1.165) is 6.42 Å². The van der Waals surface area contributed by atoms with Crippen LogP contribution in [-0.2, 0) is 9.59 Å². The molecule has 0 heterocycles. The molecule has 1 fully saturated rings. The quantitative estimate of drug-likeness (QED) is 0.721. The number of hydrogen-bond acceptors (Lipinski definition) is 2. The second kappa shape index (κ2) is 6.42. The standard InChI is InChI=1S/C13H21NO3/c1-3-4-9(2)14-12(15)10-5-7-11(8-6-10)13(16)17/h3,9-11H,1,4-8H2,2H3,(H,14,15)(H,16,17)/t9-,10?,11?/m1/s1. The second-order valence-electron chi connectivity index (χ2n) is 4.82. The van der Waals surface area contributed by atoms with E-state index in [1.807, 2.05) is 6.92 Å². The lowest BCUT2D eigenvalue weighted by Crippen LogP contribution is -2.39. The van der Waals surface area contributed by atoms with E-state index in [2.05, 4.69) is 11.9 Å². The Kier molecular flexibility index (Phi) is 5.19. The van der Waals surface area contributed by atoms with E-state index >= 15 is 0 Å². The number of nitrogens with one attached hydrogen (secondary N) is 1. The highest BCUT2D eigenvalue weighted by molar-refractivity contribution is 5.79. The number of rotatable bonds is 5. The number of aliphatic carboxylic acids is 1. The van der Waals surface area contributed by atoms with Gasteiger partial charge in [-0.3, -0.25) is 9.59 Å². The average molecular weight is 239 g/mol. The van der Waals surface area contributed by atoms with E-state index in [1.165, 1.54) is 0 Å². The topological polar surface area (TPSA) is 66.4 Å². The number of amides is 1. The molecule has 0 unspecified atom stereocenters. The Bertz CT molecular complexity index is 293. The molecule has 4 nitrogen and oxygen atoms in total. The third kappa shape index (κ3) is 4.21. The molecule has 17 heavy (non-hydrogen) atoms. The Hall–Kier alpha value is -1.32. The van der Waals surface area contributed by atoms with Gasteiger partial charge in [0.25, 0.3) is 0 Å². The third-order valence-corrected chi connectivity index (χ3v) is 3.36. The number of carboxylic acids is 1. The van der Waals surface area contributed by atoms with Crippen molar-refractivity contribution in [2.75, 3.05) is 0 Å². The van der Waals surface area contributed by atoms with Crippen LogP contribution in [0.1, 0.15) is 39.0 Å². The second-order valence-corrected chi connectivity index (χ2v) is 4.82. The molecule has 2 N–H and O–H groups in total. The van der Waals surface area contributed by atoms with Crippen LogP contribution in [0.2, 0.25) is 0 Å². The van der Waals surface area contributed by atoms with Crippen LogP contribution in [0.3, 0.4) is 0 Å². The van der Waals surface area contributed by atoms with Crippen molar-refractivity contribution in [3.63, 3.8) is 0 Å². The number of carboxylic acid groups (broad SMARTS) is 1. The van der Waals surface area contributed by atoms with Crippen molar-refractivity contribution in [2.45, 2.75) is 45.1 Å². The summed E-state index contributed by atoms with van der Waals surface area (Å²) < 4.78 is 0. The maximum Gasteiger partial charge on any atom is 0.306 e. The summed E-state index contributed by atoms with van der Waals surface area (Å²) in [6, 6.07) is 0.109. The minimum atomic E-state index is -0.733. The van der Waals surface area contributed by atoms with Gasteiger partial charge in [-0.1, -0.05) is 6.08 Å². The Morgan fingerprint density at radius 1 is 1.35 bits per heavy atom. The molecule has 1 rings (SSSR count). The zero-order chi connectivity index (χ0) is 12.8. The largest absolute Gasteiger partial charge is 0.481 e. The van der Waals surface area contributed by atoms with Gasteiger partial charge in [-0.15, -0.1) is 6.58 Å². The first-order chi connectivity index (χ1) is 8.04. The van der Waals surface area contributed by atoms with Crippen LogP contribution in [0.25, 0.3) is 0 Å². The zero-order valence-corrected chi connectivity index (χ0v) is 10.3. The van der Waals surface area contributed by atoms with E-state index in [0.29, 0.717) is 25.7 Å². The first-order valence-corrected chi connectivity index (χ1v) is 6.18. The first-order valence-electron chi connectivity index (χ1n) is 6.18. The molecule has 0 aromatic rings. The van der Waals surface area contributed by atoms with Gasteiger partial charge in [0.2, 0.25) is 5.91 Å². The van der Waals surface area contributed by atoms with Crippen molar-refractivity contribution in [1.82, 2.24) is 5.32 Å². The van der Waals surface area contributed by atoms with E-state index in [4.69, 9.17) is 5.11 Å². The zero-order valence-electron chi connectivity index (χ0n) is 10.3. The monoisotopic (exact) mass is 239 g/mol. The fourth-order valence-corrected chi connectivity index (χ4v) is 2.27. The normalized spacial score (nSPS) is 25.9. The predicted molar refractivity (Wildman–Crippen MR) is 65.5 cm³/mol. The van der Waals surface area contributed by atoms with Crippen LogP contribution in [0.15, 0.2) is 12.7 Å². The summed E-state index contributed by atoms with van der Waals surface area (Å²) >= 11 is 0. The molecule has 0 aromatic carbocycles. The predicted octanol–water partition coefficient (Wildman–Crippen LogP) is 1.96. The lowest BCUT2D eigenvalue weighted by Gasteiger charge is -2.26. The summed E-state index contributed by atoms with van der Waals surface area (Å²) in [5.74, 6) is -0.949. The summed E-state index contributed by atoms with van der Waals surface area (Å²) in [4.78, 5) is 22.6. The molecule has 0 radical (unpaired) electrons. The summed E-state index contributed by atoms with van der Waals surface area (Å²) in [6.45, 7) is 5.58. The lowest BCUT2D eigenvalue weighted by molar-refractivity contribution is -0.144. The SMILES string of the molecule is C=CC[C@@H](C)NC(=O)C1CCC(C(=O)O)CC1. The van der Waals surface area contributed by atoms with Crippen LogP contribution in [0.4, 0.5) is 0 Å². The van der Waals surface area contributed by atoms with Gasteiger partial charge in [-0.2, -0.15) is 0 Å². The lowest BCUT2D eigenvalue weighted by atomic mass is 9.81. The van der Waals surface area contributed by atoms with Gasteiger partial charge in [-0.05, 0) is 39.0 Å². The molecule has 0 aliphatic heterocycles. The molecule has 4 heteroatoms. The smallest absolute Gasteiger partial charge is 0.306 e. The van der Waals surface area contributed by atoms with Gasteiger partial charge in [0, 0.05) is 12.0 Å². The van der Waals surface area contributed by atoms with Crippen LogP contribution in [-0.4, -0.2) is 23.0 Å². The fourth-order valence-electron chi connectivity index (χ4n) is 2.27. The van der Waals surface area contributed by atoms with Gasteiger partial charge >= 0.3 is 5.97 Å². The average Bonchev–Trinajstić information content (AvgIpc) is 2.29. The molecule has 0 spiro atoms. The molecule has 96 valence electrons. The van der Waals surface area contributed by atoms with Crippen LogP contribution >= 0.6 is 0 Å². The van der Waals surface area contributed by atoms with Crippen molar-refractivity contribution in [1.29, 1.82) is 0 Å². The van der Waals surface area contributed by atoms with Gasteiger partial charge < -0.3 is 10.4 Å². The van der Waals surface area contributed by atoms with E-state index < -0.39 is 5.97 Å². The van der Waals surface area contributed by atoms with Crippen LogP contribution in [0, 0.1) is 11.8 Å². The number of hydrogen-bond donors (Lipinski definition) is 2. The molecular formula is C13H21NO3. The minimum absolute atomic E-state index is 0.0159. The van der Waals surface area contributed by atoms with E-state index in [-0.39, 0.29) is 23.8 Å². The molecule has 0 aromatic heterocycles. The third-order valence-electron chi connectivity index (χ3n) is 3.36. The van der Waals surface area contributed by atoms with Crippen LogP contribution < -0.4 is 5.32 Å². The van der Waals surface area contributed by atoms with Crippen molar-refractivity contribution in [3.8, 4) is 0 Å². The van der Waals surface area contributed by atoms with Crippen LogP contribution in [0.5, 0.6) is 0 Å². The minimum Gasteiger partial charge on any atom is -0.481 e. The fraction of sp³-hybridized carbons (Fsp3) is 0.692. The Labute approximate surface area is 102 Å². The molecular weight excluding hydrogens is 218 g/mol. The first kappa shape index (κ1) is 13.7. The maximum atomic E-state index is 11.9. The molecule has 1 amide bonds. The van der Waals surface area contributed by atoms with Crippen molar-refractivity contribution in [3.05, 3.63) is 12.7 Å². The van der Waals surface area contributed by atoms with E-state index in [1.54, 1.807) is 6.08 Å². The molecule has 1 saturated carbocycles. The highest BCUT2D eigenvalue weighted by Crippen LogP contribution is 2.29. The van der Waals surface area contributed by atoms with Crippen molar-refractivity contribution >= 4 is 11.9 Å². The maximum absolute atomic E-state index is 11.9. The van der Waals surface area contributed by atoms with Gasteiger partial charge in [0.05, 0.1) is 5.92 Å². The van der Waals surface area contributed by atoms with Gasteiger partial charge in [-0.25, -0.2) is 0 Å². The Morgan fingerprint density at radius 2 is 1.88 bits per heavy atom. The molecule has 0 saturated heterocycles. The summed E-state index contributed by atoms with van der Waals surface area (Å²) in [5, 5.41) is 11.8. The van der Waals surface area contributed by atoms with Gasteiger partial charge in [0.1, 0.15) is 0 Å².